The molecule has 0 spiro atoms. The van der Waals surface area contributed by atoms with Gasteiger partial charge in [-0.2, -0.15) is 18.3 Å². The van der Waals surface area contributed by atoms with Crippen molar-refractivity contribution in [1.82, 2.24) is 24.7 Å². The van der Waals surface area contributed by atoms with Gasteiger partial charge in [-0.3, -0.25) is 9.59 Å². The van der Waals surface area contributed by atoms with Gasteiger partial charge in [-0.25, -0.2) is 19.5 Å². The quantitative estimate of drug-likeness (QED) is 0.343. The van der Waals surface area contributed by atoms with Crippen molar-refractivity contribution in [2.75, 3.05) is 5.32 Å². The zero-order valence-corrected chi connectivity index (χ0v) is 20.4. The summed E-state index contributed by atoms with van der Waals surface area (Å²) in [7, 11) is 0. The molecule has 38 heavy (non-hydrogen) atoms. The van der Waals surface area contributed by atoms with Gasteiger partial charge in [0, 0.05) is 30.7 Å². The number of rotatable bonds is 7. The highest BCUT2D eigenvalue weighted by Gasteiger charge is 2.37. The molecule has 1 aromatic carbocycles. The lowest BCUT2D eigenvalue weighted by molar-refractivity contribution is -0.138. The molecule has 0 fully saturated rings. The van der Waals surface area contributed by atoms with Gasteiger partial charge in [0.25, 0.3) is 11.1 Å². The van der Waals surface area contributed by atoms with E-state index in [2.05, 4.69) is 20.4 Å². The fourth-order valence-corrected chi connectivity index (χ4v) is 4.79. The summed E-state index contributed by atoms with van der Waals surface area (Å²) in [5.41, 5.74) is -1.20. The highest BCUT2D eigenvalue weighted by Crippen LogP contribution is 2.32. The number of halogens is 4. The summed E-state index contributed by atoms with van der Waals surface area (Å²) in [5, 5.41) is 8.69. The zero-order chi connectivity index (χ0) is 27.0. The van der Waals surface area contributed by atoms with Gasteiger partial charge in [-0.1, -0.05) is 0 Å². The maximum Gasteiger partial charge on any atom is 0.423 e. The lowest BCUT2D eigenvalue weighted by Gasteiger charge is -2.18. The molecular formula is C26H24F4N6O2. The number of fused-ring (bicyclic) bond motifs is 2. The van der Waals surface area contributed by atoms with Crippen molar-refractivity contribution in [2.24, 2.45) is 0 Å². The summed E-state index contributed by atoms with van der Waals surface area (Å²) in [6.07, 6.45) is 3.03. The van der Waals surface area contributed by atoms with E-state index in [9.17, 15) is 22.8 Å². The van der Waals surface area contributed by atoms with Crippen LogP contribution in [0.5, 0.6) is 0 Å². The van der Waals surface area contributed by atoms with Crippen molar-refractivity contribution in [1.29, 1.82) is 0 Å². The molecule has 0 amide bonds. The Morgan fingerprint density at radius 3 is 2.79 bits per heavy atom. The molecule has 1 atom stereocenters. The topological polar surface area (TPSA) is 106 Å². The average molecular weight is 529 g/mol. The minimum Gasteiger partial charge on any atom is -0.381 e. The molecule has 12 heteroatoms. The highest BCUT2D eigenvalue weighted by molar-refractivity contribution is 5.86. The van der Waals surface area contributed by atoms with E-state index >= 15 is 4.39 Å². The predicted molar refractivity (Wildman–Crippen MR) is 133 cm³/mol. The van der Waals surface area contributed by atoms with Gasteiger partial charge in [0.15, 0.2) is 5.82 Å². The molecular weight excluding hydrogens is 504 g/mol. The maximum absolute atomic E-state index is 15.0. The van der Waals surface area contributed by atoms with Crippen molar-refractivity contribution in [3.05, 3.63) is 80.1 Å². The van der Waals surface area contributed by atoms with Crippen molar-refractivity contribution in [3.63, 3.8) is 0 Å². The third-order valence-electron chi connectivity index (χ3n) is 6.70. The minimum absolute atomic E-state index is 0.213. The number of benzene rings is 1. The summed E-state index contributed by atoms with van der Waals surface area (Å²) in [6.45, 7) is 1.94. The normalized spacial score (nSPS) is 14.0. The molecule has 198 valence electrons. The van der Waals surface area contributed by atoms with Gasteiger partial charge < -0.3 is 9.88 Å². The van der Waals surface area contributed by atoms with E-state index < -0.39 is 34.8 Å². The molecule has 0 saturated carbocycles. The Bertz CT molecular complexity index is 1630. The number of anilines is 1. The molecule has 3 aromatic heterocycles. The van der Waals surface area contributed by atoms with Crippen LogP contribution in [-0.4, -0.2) is 30.8 Å². The Morgan fingerprint density at radius 1 is 1.18 bits per heavy atom. The van der Waals surface area contributed by atoms with Crippen LogP contribution in [0.1, 0.15) is 43.0 Å². The molecule has 0 aliphatic heterocycles. The first-order chi connectivity index (χ1) is 18.1. The van der Waals surface area contributed by atoms with Gasteiger partial charge in [-0.05, 0) is 68.2 Å². The number of H-pyrrole nitrogens is 1. The molecule has 0 radical (unpaired) electrons. The second-order valence-corrected chi connectivity index (χ2v) is 9.43. The molecule has 0 bridgehead atoms. The van der Waals surface area contributed by atoms with Crippen LogP contribution in [-0.2, 0) is 25.6 Å². The molecule has 2 N–H and O–H groups in total. The Morgan fingerprint density at radius 2 is 2.00 bits per heavy atom. The predicted octanol–water partition coefficient (Wildman–Crippen LogP) is 4.47. The van der Waals surface area contributed by atoms with Crippen LogP contribution >= 0.6 is 0 Å². The second-order valence-electron chi connectivity index (χ2n) is 9.43. The van der Waals surface area contributed by atoms with Crippen molar-refractivity contribution < 1.29 is 17.6 Å². The number of hydrogen-bond donors (Lipinski definition) is 2. The summed E-state index contributed by atoms with van der Waals surface area (Å²) >= 11 is 0. The fourth-order valence-electron chi connectivity index (χ4n) is 4.79. The third-order valence-corrected chi connectivity index (χ3v) is 6.70. The smallest absolute Gasteiger partial charge is 0.381 e. The summed E-state index contributed by atoms with van der Waals surface area (Å²) in [6, 6.07) is 4.05. The number of aromatic amines is 1. The van der Waals surface area contributed by atoms with Crippen LogP contribution in [0.25, 0.3) is 22.2 Å². The zero-order valence-electron chi connectivity index (χ0n) is 20.4. The van der Waals surface area contributed by atoms with Crippen LogP contribution in [0.4, 0.5) is 23.2 Å². The molecule has 0 saturated heterocycles. The molecule has 1 unspecified atom stereocenters. The van der Waals surface area contributed by atoms with Crippen LogP contribution in [0, 0.1) is 5.82 Å². The first-order valence-electron chi connectivity index (χ1n) is 12.2. The van der Waals surface area contributed by atoms with Crippen LogP contribution < -0.4 is 16.4 Å². The molecule has 1 aliphatic carbocycles. The van der Waals surface area contributed by atoms with E-state index in [4.69, 9.17) is 0 Å². The van der Waals surface area contributed by atoms with Crippen LogP contribution in [0.15, 0.2) is 46.4 Å². The lowest BCUT2D eigenvalue weighted by Crippen LogP contribution is -2.27. The van der Waals surface area contributed by atoms with Gasteiger partial charge in [0.05, 0.1) is 22.8 Å². The Balaban J connectivity index is 1.29. The van der Waals surface area contributed by atoms with Crippen molar-refractivity contribution in [2.45, 2.75) is 57.8 Å². The molecule has 5 rings (SSSR count). The Hall–Kier alpha value is -4.09. The Labute approximate surface area is 213 Å². The SMILES string of the molecule is CC(CCCn1ccc2cc(-c3ncc4c(n3)CCC4)c(F)cc2c1=O)Nc1cn[nH]c(=O)c1C(F)(F)F. The van der Waals surface area contributed by atoms with Gasteiger partial charge in [0.1, 0.15) is 11.4 Å². The van der Waals surface area contributed by atoms with Gasteiger partial charge in [0.2, 0.25) is 0 Å². The van der Waals surface area contributed by atoms with E-state index in [1.807, 2.05) is 0 Å². The van der Waals surface area contributed by atoms with E-state index in [0.717, 1.165) is 36.7 Å². The number of nitrogens with zero attached hydrogens (tertiary/aromatic N) is 4. The standard InChI is InChI=1S/C26H24F4N6O2/c1-14(33-21-13-32-35-24(37)22(21)26(28,29)30)4-3-8-36-9-7-15-10-18(19(27)11-17(15)25(36)38)23-31-12-16-5-2-6-20(16)34-23/h7,9-14H,2-6,8H2,1H3,(H2,33,35,37). The summed E-state index contributed by atoms with van der Waals surface area (Å²) < 4.78 is 56.2. The van der Waals surface area contributed by atoms with E-state index in [-0.39, 0.29) is 23.1 Å². The number of nitrogens with one attached hydrogen (secondary N) is 2. The minimum atomic E-state index is -4.83. The third kappa shape index (κ3) is 5.02. The Kier molecular flexibility index (Phi) is 6.72. The number of aryl methyl sites for hydroxylation is 3. The van der Waals surface area contributed by atoms with Crippen LogP contribution in [0.2, 0.25) is 0 Å². The number of pyridine rings is 1. The van der Waals surface area contributed by atoms with E-state index in [1.54, 1.807) is 36.5 Å². The summed E-state index contributed by atoms with van der Waals surface area (Å²) in [5.74, 6) is -0.296. The van der Waals surface area contributed by atoms with Gasteiger partial charge in [-0.15, -0.1) is 0 Å². The fraction of sp³-hybridized carbons (Fsp3) is 0.346. The second kappa shape index (κ2) is 9.99. The first-order valence-corrected chi connectivity index (χ1v) is 12.2. The molecule has 3 heterocycles. The highest BCUT2D eigenvalue weighted by atomic mass is 19.4. The number of aromatic nitrogens is 5. The number of alkyl halides is 3. The molecule has 1 aliphatic rings. The van der Waals surface area contributed by atoms with Crippen LogP contribution in [0.3, 0.4) is 0 Å². The van der Waals surface area contributed by atoms with E-state index in [0.29, 0.717) is 24.1 Å². The van der Waals surface area contributed by atoms with Gasteiger partial charge >= 0.3 is 6.18 Å². The van der Waals surface area contributed by atoms with Crippen molar-refractivity contribution >= 4 is 16.5 Å². The molecule has 8 nitrogen and oxygen atoms in total. The van der Waals surface area contributed by atoms with Crippen molar-refractivity contribution in [3.8, 4) is 11.4 Å². The van der Waals surface area contributed by atoms with E-state index in [1.165, 1.54) is 10.6 Å². The number of hydrogen-bond acceptors (Lipinski definition) is 6. The summed E-state index contributed by atoms with van der Waals surface area (Å²) in [4.78, 5) is 33.5. The lowest BCUT2D eigenvalue weighted by atomic mass is 10.1. The average Bonchev–Trinajstić information content (AvgIpc) is 3.33. The molecule has 4 aromatic rings. The largest absolute Gasteiger partial charge is 0.423 e. The first kappa shape index (κ1) is 25.6. The maximum atomic E-state index is 15.0. The monoisotopic (exact) mass is 528 g/mol.